The molecule has 29 heavy (non-hydrogen) atoms. The molecule has 2 heterocycles. The number of carbonyl (C=O) groups is 1. The van der Waals surface area contributed by atoms with Crippen LogP contribution < -0.4 is 5.43 Å². The molecule has 0 bridgehead atoms. The van der Waals surface area contributed by atoms with Crippen LogP contribution in [0.15, 0.2) is 57.7 Å². The van der Waals surface area contributed by atoms with Crippen LogP contribution in [-0.4, -0.2) is 36.0 Å². The number of nitro groups is 1. The van der Waals surface area contributed by atoms with E-state index < -0.39 is 11.0 Å². The van der Waals surface area contributed by atoms with Crippen LogP contribution in [0, 0.1) is 10.1 Å². The fourth-order valence-corrected chi connectivity index (χ4v) is 3.70. The number of rotatable bonds is 6. The lowest BCUT2D eigenvalue weighted by molar-refractivity contribution is -0.384. The van der Waals surface area contributed by atoms with Crippen molar-refractivity contribution in [3.63, 3.8) is 0 Å². The maximum Gasteiger partial charge on any atom is 0.290 e. The third kappa shape index (κ3) is 3.17. The standard InChI is InChI=1S/C21H18N2O6/c1-28-12-4-11-22-18(13-7-9-14(10-8-13)23(26)27)17-19(24)15-5-2-3-6-16(15)29-20(17)21(22)25/h2-3,5-10,18H,4,11-12H2,1H3/t18-/m0/s1. The first-order chi connectivity index (χ1) is 14.0. The first-order valence-corrected chi connectivity index (χ1v) is 9.13. The highest BCUT2D eigenvalue weighted by Crippen LogP contribution is 2.38. The number of amides is 1. The molecule has 0 unspecified atom stereocenters. The van der Waals surface area contributed by atoms with Crippen molar-refractivity contribution >= 4 is 22.6 Å². The number of fused-ring (bicyclic) bond motifs is 2. The molecule has 1 atom stereocenters. The van der Waals surface area contributed by atoms with Crippen LogP contribution in [0.5, 0.6) is 0 Å². The molecule has 1 amide bonds. The van der Waals surface area contributed by atoms with Gasteiger partial charge in [0.2, 0.25) is 5.76 Å². The van der Waals surface area contributed by atoms with E-state index in [2.05, 4.69) is 0 Å². The molecule has 1 aliphatic rings. The molecule has 0 N–H and O–H groups in total. The van der Waals surface area contributed by atoms with Crippen molar-refractivity contribution in [2.24, 2.45) is 0 Å². The van der Waals surface area contributed by atoms with Gasteiger partial charge >= 0.3 is 0 Å². The Bertz CT molecular complexity index is 1150. The average Bonchev–Trinajstić information content (AvgIpc) is 3.01. The lowest BCUT2D eigenvalue weighted by Gasteiger charge is -2.25. The number of benzene rings is 2. The first-order valence-electron chi connectivity index (χ1n) is 9.13. The Kier molecular flexibility index (Phi) is 4.85. The average molecular weight is 394 g/mol. The van der Waals surface area contributed by atoms with Crippen molar-refractivity contribution in [2.45, 2.75) is 12.5 Å². The van der Waals surface area contributed by atoms with Crippen molar-refractivity contribution in [3.05, 3.63) is 85.8 Å². The SMILES string of the molecule is COCCCN1C(=O)c2oc3ccccc3c(=O)c2[C@@H]1c1ccc([N+](=O)[O-])cc1. The van der Waals surface area contributed by atoms with E-state index >= 15 is 0 Å². The summed E-state index contributed by atoms with van der Waals surface area (Å²) in [5.41, 5.74) is 0.899. The van der Waals surface area contributed by atoms with E-state index in [0.29, 0.717) is 36.1 Å². The predicted octanol–water partition coefficient (Wildman–Crippen LogP) is 3.28. The van der Waals surface area contributed by atoms with Crippen LogP contribution in [0.25, 0.3) is 11.0 Å². The van der Waals surface area contributed by atoms with Crippen LogP contribution >= 0.6 is 0 Å². The predicted molar refractivity (Wildman–Crippen MR) is 105 cm³/mol. The van der Waals surface area contributed by atoms with Gasteiger partial charge in [0.25, 0.3) is 11.6 Å². The molecular formula is C21H18N2O6. The molecule has 2 aromatic carbocycles. The third-order valence-corrected chi connectivity index (χ3v) is 5.04. The zero-order valence-corrected chi connectivity index (χ0v) is 15.7. The number of hydrogen-bond donors (Lipinski definition) is 0. The molecule has 0 aliphatic carbocycles. The highest BCUT2D eigenvalue weighted by Gasteiger charge is 2.42. The molecule has 1 aliphatic heterocycles. The molecule has 0 fully saturated rings. The number of hydrogen-bond acceptors (Lipinski definition) is 6. The Labute approximate surface area is 165 Å². The number of para-hydroxylation sites is 1. The summed E-state index contributed by atoms with van der Waals surface area (Å²) < 4.78 is 10.9. The van der Waals surface area contributed by atoms with E-state index in [-0.39, 0.29) is 28.3 Å². The monoisotopic (exact) mass is 394 g/mol. The summed E-state index contributed by atoms with van der Waals surface area (Å²) in [5, 5.41) is 11.4. The minimum Gasteiger partial charge on any atom is -0.450 e. The van der Waals surface area contributed by atoms with Gasteiger partial charge in [-0.15, -0.1) is 0 Å². The van der Waals surface area contributed by atoms with E-state index in [9.17, 15) is 19.7 Å². The van der Waals surface area contributed by atoms with Gasteiger partial charge in [-0.2, -0.15) is 0 Å². The molecule has 148 valence electrons. The second-order valence-corrected chi connectivity index (χ2v) is 6.77. The van der Waals surface area contributed by atoms with Gasteiger partial charge in [0, 0.05) is 32.4 Å². The number of carbonyl (C=O) groups excluding carboxylic acids is 1. The number of nitrogens with zero attached hydrogens (tertiary/aromatic N) is 2. The normalized spacial score (nSPS) is 15.7. The summed E-state index contributed by atoms with van der Waals surface area (Å²) in [7, 11) is 1.58. The second kappa shape index (κ2) is 7.48. The molecule has 0 radical (unpaired) electrons. The van der Waals surface area contributed by atoms with E-state index in [1.54, 1.807) is 48.4 Å². The maximum absolute atomic E-state index is 13.2. The summed E-state index contributed by atoms with van der Waals surface area (Å²) in [6.07, 6.45) is 0.577. The topological polar surface area (TPSA) is 103 Å². The van der Waals surface area contributed by atoms with Crippen molar-refractivity contribution in [2.75, 3.05) is 20.3 Å². The highest BCUT2D eigenvalue weighted by molar-refractivity contribution is 5.99. The zero-order valence-electron chi connectivity index (χ0n) is 15.7. The molecule has 4 rings (SSSR count). The quantitative estimate of drug-likeness (QED) is 0.361. The third-order valence-electron chi connectivity index (χ3n) is 5.04. The van der Waals surface area contributed by atoms with Crippen molar-refractivity contribution in [1.82, 2.24) is 4.90 Å². The fourth-order valence-electron chi connectivity index (χ4n) is 3.70. The number of ether oxygens (including phenoxy) is 1. The molecule has 0 saturated carbocycles. The number of non-ortho nitro benzene ring substituents is 1. The van der Waals surface area contributed by atoms with Crippen LogP contribution in [-0.2, 0) is 4.74 Å². The van der Waals surface area contributed by atoms with Gasteiger partial charge in [0.1, 0.15) is 5.58 Å². The molecule has 0 spiro atoms. The summed E-state index contributed by atoms with van der Waals surface area (Å²) in [6.45, 7) is 0.810. The minimum atomic E-state index is -0.670. The van der Waals surface area contributed by atoms with Crippen LogP contribution in [0.2, 0.25) is 0 Å². The van der Waals surface area contributed by atoms with E-state index in [1.807, 2.05) is 0 Å². The first kappa shape index (κ1) is 18.8. The van der Waals surface area contributed by atoms with Crippen molar-refractivity contribution < 1.29 is 18.9 Å². The summed E-state index contributed by atoms with van der Waals surface area (Å²) in [6, 6.07) is 12.0. The van der Waals surface area contributed by atoms with Crippen molar-refractivity contribution in [3.8, 4) is 0 Å². The minimum absolute atomic E-state index is 0.0227. The highest BCUT2D eigenvalue weighted by atomic mass is 16.6. The number of methoxy groups -OCH3 is 1. The second-order valence-electron chi connectivity index (χ2n) is 6.77. The fraction of sp³-hybridized carbons (Fsp3) is 0.238. The lowest BCUT2D eigenvalue weighted by atomic mass is 9.98. The van der Waals surface area contributed by atoms with Gasteiger partial charge < -0.3 is 14.1 Å². The van der Waals surface area contributed by atoms with Gasteiger partial charge in [0.15, 0.2) is 5.43 Å². The number of nitro benzene ring substituents is 1. The van der Waals surface area contributed by atoms with Gasteiger partial charge in [-0.25, -0.2) is 0 Å². The van der Waals surface area contributed by atoms with Crippen LogP contribution in [0.3, 0.4) is 0 Å². The smallest absolute Gasteiger partial charge is 0.290 e. The maximum atomic E-state index is 13.2. The van der Waals surface area contributed by atoms with Gasteiger partial charge in [0.05, 0.1) is 21.9 Å². The Hall–Kier alpha value is -3.52. The van der Waals surface area contributed by atoms with Gasteiger partial charge in [-0.1, -0.05) is 12.1 Å². The van der Waals surface area contributed by atoms with Crippen LogP contribution in [0.1, 0.15) is 34.1 Å². The zero-order chi connectivity index (χ0) is 20.5. The van der Waals surface area contributed by atoms with Crippen molar-refractivity contribution in [1.29, 1.82) is 0 Å². The summed E-state index contributed by atoms with van der Waals surface area (Å²) in [4.78, 5) is 38.4. The molecule has 8 nitrogen and oxygen atoms in total. The van der Waals surface area contributed by atoms with Crippen LogP contribution in [0.4, 0.5) is 5.69 Å². The lowest BCUT2D eigenvalue weighted by Crippen LogP contribution is -2.31. The largest absolute Gasteiger partial charge is 0.450 e. The van der Waals surface area contributed by atoms with Gasteiger partial charge in [-0.05, 0) is 36.2 Å². The van der Waals surface area contributed by atoms with E-state index in [4.69, 9.17) is 9.15 Å². The van der Waals surface area contributed by atoms with Gasteiger partial charge in [-0.3, -0.25) is 19.7 Å². The Morgan fingerprint density at radius 1 is 1.14 bits per heavy atom. The molecular weight excluding hydrogens is 376 g/mol. The van der Waals surface area contributed by atoms with E-state index in [1.165, 1.54) is 12.1 Å². The summed E-state index contributed by atoms with van der Waals surface area (Å²) >= 11 is 0. The molecule has 8 heteroatoms. The Morgan fingerprint density at radius 2 is 1.86 bits per heavy atom. The molecule has 1 aromatic heterocycles. The Morgan fingerprint density at radius 3 is 2.55 bits per heavy atom. The summed E-state index contributed by atoms with van der Waals surface area (Å²) in [5.74, 6) is -0.350. The van der Waals surface area contributed by atoms with E-state index in [0.717, 1.165) is 0 Å². The Balaban J connectivity index is 1.88. The molecule has 0 saturated heterocycles. The molecule has 3 aromatic rings.